The molecule has 0 aromatic heterocycles. The third-order valence-corrected chi connectivity index (χ3v) is 2.77. The maximum absolute atomic E-state index is 13.2. The van der Waals surface area contributed by atoms with Crippen molar-refractivity contribution in [2.24, 2.45) is 0 Å². The summed E-state index contributed by atoms with van der Waals surface area (Å²) in [5.41, 5.74) is -0.419. The molecule has 98 valence electrons. The first kappa shape index (κ1) is 14.4. The Morgan fingerprint density at radius 1 is 1.61 bits per heavy atom. The van der Waals surface area contributed by atoms with Crippen molar-refractivity contribution < 1.29 is 18.8 Å². The minimum atomic E-state index is -0.786. The van der Waals surface area contributed by atoms with Crippen molar-refractivity contribution >= 4 is 33.3 Å². The molecule has 1 aromatic rings. The summed E-state index contributed by atoms with van der Waals surface area (Å²) in [5, 5.41) is 13.4. The minimum absolute atomic E-state index is 0.0335. The number of nitrogens with zero attached hydrogens (tertiary/aromatic N) is 1. The Labute approximate surface area is 110 Å². The summed E-state index contributed by atoms with van der Waals surface area (Å²) < 4.78 is 17.8. The molecule has 0 saturated carbocycles. The fourth-order valence-corrected chi connectivity index (χ4v) is 1.62. The summed E-state index contributed by atoms with van der Waals surface area (Å²) >= 11 is 2.92. The predicted octanol–water partition coefficient (Wildman–Crippen LogP) is 2.47. The minimum Gasteiger partial charge on any atom is -0.467 e. The fourth-order valence-electron chi connectivity index (χ4n) is 1.27. The van der Waals surface area contributed by atoms with Gasteiger partial charge in [0.2, 0.25) is 0 Å². The highest BCUT2D eigenvalue weighted by atomic mass is 79.9. The van der Waals surface area contributed by atoms with Crippen molar-refractivity contribution in [3.8, 4) is 0 Å². The Hall–Kier alpha value is -1.70. The highest BCUT2D eigenvalue weighted by molar-refractivity contribution is 9.10. The molecule has 0 aliphatic rings. The van der Waals surface area contributed by atoms with Crippen LogP contribution in [0.1, 0.15) is 6.92 Å². The van der Waals surface area contributed by atoms with E-state index in [4.69, 9.17) is 0 Å². The number of rotatable bonds is 4. The van der Waals surface area contributed by atoms with Crippen molar-refractivity contribution in [2.45, 2.75) is 13.0 Å². The second kappa shape index (κ2) is 5.76. The SMILES string of the molecule is COC(=O)C(C)Nc1cc(Br)c(F)cc1[N+](=O)[O-]. The number of nitrogens with one attached hydrogen (secondary N) is 1. The number of halogens is 2. The molecule has 0 aliphatic carbocycles. The van der Waals surface area contributed by atoms with Gasteiger partial charge in [-0.05, 0) is 28.9 Å². The van der Waals surface area contributed by atoms with Crippen LogP contribution in [0.3, 0.4) is 0 Å². The predicted molar refractivity (Wildman–Crippen MR) is 65.9 cm³/mol. The molecule has 1 atom stereocenters. The number of esters is 1. The van der Waals surface area contributed by atoms with E-state index in [0.717, 1.165) is 6.07 Å². The monoisotopic (exact) mass is 320 g/mol. The van der Waals surface area contributed by atoms with Crippen LogP contribution in [0.4, 0.5) is 15.8 Å². The molecule has 8 heteroatoms. The second-order valence-electron chi connectivity index (χ2n) is 3.43. The van der Waals surface area contributed by atoms with E-state index in [1.807, 2.05) is 0 Å². The van der Waals surface area contributed by atoms with Gasteiger partial charge < -0.3 is 10.1 Å². The van der Waals surface area contributed by atoms with Gasteiger partial charge in [0, 0.05) is 0 Å². The largest absolute Gasteiger partial charge is 0.467 e. The number of hydrogen-bond acceptors (Lipinski definition) is 5. The van der Waals surface area contributed by atoms with E-state index >= 15 is 0 Å². The maximum Gasteiger partial charge on any atom is 0.327 e. The molecule has 1 aromatic carbocycles. The molecule has 0 bridgehead atoms. The molecule has 1 N–H and O–H groups in total. The molecule has 0 saturated heterocycles. The topological polar surface area (TPSA) is 81.5 Å². The van der Waals surface area contributed by atoms with Gasteiger partial charge in [0.05, 0.1) is 22.6 Å². The number of benzene rings is 1. The summed E-state index contributed by atoms with van der Waals surface area (Å²) in [4.78, 5) is 21.2. The number of carbonyl (C=O) groups excluding carboxylic acids is 1. The van der Waals surface area contributed by atoms with Crippen LogP contribution in [0, 0.1) is 15.9 Å². The van der Waals surface area contributed by atoms with Gasteiger partial charge in [-0.25, -0.2) is 9.18 Å². The average molecular weight is 321 g/mol. The standard InChI is InChI=1S/C10H10BrFN2O4/c1-5(10(15)18-2)13-8-3-6(11)7(12)4-9(8)14(16)17/h3-5,13H,1-2H3. The lowest BCUT2D eigenvalue weighted by Crippen LogP contribution is -2.27. The lowest BCUT2D eigenvalue weighted by atomic mass is 10.2. The van der Waals surface area contributed by atoms with Crippen LogP contribution in [0.25, 0.3) is 0 Å². The molecule has 1 unspecified atom stereocenters. The first-order valence-corrected chi connectivity index (χ1v) is 5.64. The Bertz CT molecular complexity index is 495. The van der Waals surface area contributed by atoms with E-state index < -0.39 is 28.4 Å². The lowest BCUT2D eigenvalue weighted by molar-refractivity contribution is -0.384. The fraction of sp³-hybridized carbons (Fsp3) is 0.300. The molecule has 0 fully saturated rings. The molecule has 0 aliphatic heterocycles. The van der Waals surface area contributed by atoms with Crippen molar-refractivity contribution in [3.05, 3.63) is 32.5 Å². The van der Waals surface area contributed by atoms with Crippen LogP contribution in [0.5, 0.6) is 0 Å². The lowest BCUT2D eigenvalue weighted by Gasteiger charge is -2.13. The van der Waals surface area contributed by atoms with Crippen molar-refractivity contribution in [1.82, 2.24) is 0 Å². The van der Waals surface area contributed by atoms with Crippen molar-refractivity contribution in [3.63, 3.8) is 0 Å². The zero-order valence-corrected chi connectivity index (χ0v) is 11.2. The molecule has 18 heavy (non-hydrogen) atoms. The Kier molecular flexibility index (Phi) is 4.60. The second-order valence-corrected chi connectivity index (χ2v) is 4.28. The molecular formula is C10H10BrFN2O4. The van der Waals surface area contributed by atoms with Crippen LogP contribution >= 0.6 is 15.9 Å². The first-order chi connectivity index (χ1) is 8.36. The third-order valence-electron chi connectivity index (χ3n) is 2.16. The van der Waals surface area contributed by atoms with Gasteiger partial charge in [0.25, 0.3) is 5.69 Å². The normalized spacial score (nSPS) is 11.8. The summed E-state index contributed by atoms with van der Waals surface area (Å²) in [5.74, 6) is -1.33. The van der Waals surface area contributed by atoms with Gasteiger partial charge in [-0.1, -0.05) is 0 Å². The quantitative estimate of drug-likeness (QED) is 0.523. The summed E-state index contributed by atoms with van der Waals surface area (Å²) in [6, 6.07) is 1.19. The number of nitro groups is 1. The number of methoxy groups -OCH3 is 1. The Morgan fingerprint density at radius 2 is 2.22 bits per heavy atom. The first-order valence-electron chi connectivity index (χ1n) is 4.84. The number of ether oxygens (including phenoxy) is 1. The van der Waals surface area contributed by atoms with Crippen LogP contribution in [-0.4, -0.2) is 24.0 Å². The molecule has 6 nitrogen and oxygen atoms in total. The summed E-state index contributed by atoms with van der Waals surface area (Å²) in [7, 11) is 1.20. The molecule has 0 amide bonds. The van der Waals surface area contributed by atoms with Gasteiger partial charge in [-0.15, -0.1) is 0 Å². The van der Waals surface area contributed by atoms with E-state index in [-0.39, 0.29) is 10.2 Å². The molecular weight excluding hydrogens is 311 g/mol. The van der Waals surface area contributed by atoms with Crippen LogP contribution in [-0.2, 0) is 9.53 Å². The zero-order valence-electron chi connectivity index (χ0n) is 9.57. The molecule has 0 heterocycles. The van der Waals surface area contributed by atoms with Gasteiger partial charge in [0.15, 0.2) is 0 Å². The number of hydrogen-bond donors (Lipinski definition) is 1. The highest BCUT2D eigenvalue weighted by Gasteiger charge is 2.21. The van der Waals surface area contributed by atoms with Gasteiger partial charge >= 0.3 is 5.97 Å². The third kappa shape index (κ3) is 3.16. The Balaban J connectivity index is 3.11. The van der Waals surface area contributed by atoms with Crippen LogP contribution in [0.15, 0.2) is 16.6 Å². The average Bonchev–Trinajstić information content (AvgIpc) is 2.31. The Morgan fingerprint density at radius 3 is 2.72 bits per heavy atom. The molecule has 0 radical (unpaired) electrons. The van der Waals surface area contributed by atoms with E-state index in [0.29, 0.717) is 0 Å². The maximum atomic E-state index is 13.2. The molecule has 1 rings (SSSR count). The summed E-state index contributed by atoms with van der Waals surface area (Å²) in [6.45, 7) is 1.48. The van der Waals surface area contributed by atoms with Crippen LogP contribution in [0.2, 0.25) is 0 Å². The smallest absolute Gasteiger partial charge is 0.327 e. The van der Waals surface area contributed by atoms with E-state index in [9.17, 15) is 19.3 Å². The van der Waals surface area contributed by atoms with E-state index in [1.54, 1.807) is 0 Å². The highest BCUT2D eigenvalue weighted by Crippen LogP contribution is 2.30. The van der Waals surface area contributed by atoms with E-state index in [1.165, 1.54) is 20.1 Å². The number of anilines is 1. The zero-order chi connectivity index (χ0) is 13.9. The summed E-state index contributed by atoms with van der Waals surface area (Å²) in [6.07, 6.45) is 0. The molecule has 0 spiro atoms. The van der Waals surface area contributed by atoms with E-state index in [2.05, 4.69) is 26.0 Å². The van der Waals surface area contributed by atoms with Crippen molar-refractivity contribution in [1.29, 1.82) is 0 Å². The van der Waals surface area contributed by atoms with Crippen molar-refractivity contribution in [2.75, 3.05) is 12.4 Å². The van der Waals surface area contributed by atoms with Gasteiger partial charge in [-0.3, -0.25) is 10.1 Å². The van der Waals surface area contributed by atoms with Crippen LogP contribution < -0.4 is 5.32 Å². The van der Waals surface area contributed by atoms with Gasteiger partial charge in [0.1, 0.15) is 17.5 Å². The number of nitro benzene ring substituents is 1. The number of carbonyl (C=O) groups is 1. The van der Waals surface area contributed by atoms with Gasteiger partial charge in [-0.2, -0.15) is 0 Å².